The van der Waals surface area contributed by atoms with Crippen molar-refractivity contribution in [2.45, 2.75) is 122 Å². The first-order valence-corrected chi connectivity index (χ1v) is 19.0. The van der Waals surface area contributed by atoms with Crippen LogP contribution in [0.5, 0.6) is 0 Å². The zero-order valence-electron chi connectivity index (χ0n) is 29.5. The van der Waals surface area contributed by atoms with Crippen molar-refractivity contribution in [3.8, 4) is 0 Å². The fourth-order valence-electron chi connectivity index (χ4n) is 4.05. The fourth-order valence-corrected chi connectivity index (χ4v) is 4.83. The smallest absolute Gasteiger partial charge is 0.472 e. The molecule has 0 aliphatic rings. The lowest BCUT2D eigenvalue weighted by Crippen LogP contribution is -2.34. The van der Waals surface area contributed by atoms with Crippen LogP contribution in [-0.4, -0.2) is 59.9 Å². The second-order valence-corrected chi connectivity index (χ2v) is 12.8. The lowest BCUT2D eigenvalue weighted by molar-refractivity contribution is -0.161. The number of phosphoric ester groups is 1. The number of rotatable bonds is 31. The lowest BCUT2D eigenvalue weighted by atomic mass is 10.1. The van der Waals surface area contributed by atoms with E-state index in [0.717, 1.165) is 70.6 Å². The van der Waals surface area contributed by atoms with Gasteiger partial charge < -0.3 is 25.2 Å². The summed E-state index contributed by atoms with van der Waals surface area (Å²) in [7, 11) is -4.72. The number of nitrogens with two attached hydrogens (primary N) is 1. The van der Waals surface area contributed by atoms with Crippen LogP contribution in [0.4, 0.5) is 0 Å². The third-order valence-electron chi connectivity index (χ3n) is 6.79. The average Bonchev–Trinajstić information content (AvgIpc) is 3.07. The molecule has 11 nitrogen and oxygen atoms in total. The van der Waals surface area contributed by atoms with Gasteiger partial charge in [-0.3, -0.25) is 23.4 Å². The van der Waals surface area contributed by atoms with Gasteiger partial charge in [-0.05, 0) is 57.8 Å². The van der Waals surface area contributed by atoms with Gasteiger partial charge in [0.2, 0.25) is 0 Å². The molecule has 3 atom stereocenters. The molecule has 0 spiro atoms. The molecule has 0 aromatic rings. The molecule has 0 aliphatic heterocycles. The third kappa shape index (κ3) is 31.9. The molecule has 0 rings (SSSR count). The second-order valence-electron chi connectivity index (χ2n) is 11.3. The van der Waals surface area contributed by atoms with Crippen LogP contribution in [0.2, 0.25) is 0 Å². The Morgan fingerprint density at radius 1 is 0.653 bits per heavy atom. The standard InChI is InChI=1S/C37H60NO10P/c1-3-5-7-9-11-13-15-17-19-21-23-25-27-29-36(40)48-33(31-46-49(43,44)47-32-34(38)37(41)42)30-45-35(39)28-26-24-22-20-18-16-14-12-10-8-6-4-2/h5-9,11-15,17,19,33-34H,3-4,10,16,18,20-32,38H2,1-2H3,(H,41,42)(H,43,44)/b7-5+,8-6+,11-9+,14-12+,15-13+,19-17+/t33?,34-/m0/s1. The van der Waals surface area contributed by atoms with E-state index >= 15 is 0 Å². The first-order valence-electron chi connectivity index (χ1n) is 17.5. The van der Waals surface area contributed by atoms with Crippen LogP contribution in [0, 0.1) is 0 Å². The molecule has 0 aromatic carbocycles. The van der Waals surface area contributed by atoms with Gasteiger partial charge in [0.15, 0.2) is 6.10 Å². The van der Waals surface area contributed by atoms with Crippen molar-refractivity contribution in [3.05, 3.63) is 72.9 Å². The first-order chi connectivity index (χ1) is 23.6. The minimum Gasteiger partial charge on any atom is -0.480 e. The van der Waals surface area contributed by atoms with E-state index in [4.69, 9.17) is 24.8 Å². The van der Waals surface area contributed by atoms with Crippen LogP contribution in [0.3, 0.4) is 0 Å². The number of phosphoric acid groups is 1. The topological polar surface area (TPSA) is 172 Å². The fraction of sp³-hybridized carbons (Fsp3) is 0.595. The van der Waals surface area contributed by atoms with Crippen molar-refractivity contribution in [2.24, 2.45) is 5.73 Å². The van der Waals surface area contributed by atoms with Crippen LogP contribution in [0.1, 0.15) is 110 Å². The van der Waals surface area contributed by atoms with E-state index in [9.17, 15) is 23.8 Å². The quantitative estimate of drug-likeness (QED) is 0.0208. The Bertz CT molecular complexity index is 1110. The Hall–Kier alpha value is -3.08. The van der Waals surface area contributed by atoms with Crippen LogP contribution >= 0.6 is 7.82 Å². The van der Waals surface area contributed by atoms with E-state index < -0.39 is 51.1 Å². The summed E-state index contributed by atoms with van der Waals surface area (Å²) in [4.78, 5) is 45.6. The minimum atomic E-state index is -4.72. The molecule has 0 saturated carbocycles. The van der Waals surface area contributed by atoms with Crippen molar-refractivity contribution in [1.29, 1.82) is 0 Å². The van der Waals surface area contributed by atoms with Crippen molar-refractivity contribution in [1.82, 2.24) is 0 Å². The van der Waals surface area contributed by atoms with Crippen molar-refractivity contribution < 1.29 is 47.5 Å². The largest absolute Gasteiger partial charge is 0.480 e. The maximum atomic E-state index is 12.5. The molecule has 2 unspecified atom stereocenters. The van der Waals surface area contributed by atoms with Gasteiger partial charge in [0, 0.05) is 12.8 Å². The van der Waals surface area contributed by atoms with Gasteiger partial charge in [-0.1, -0.05) is 112 Å². The van der Waals surface area contributed by atoms with Crippen LogP contribution in [-0.2, 0) is 37.5 Å². The highest BCUT2D eigenvalue weighted by atomic mass is 31.2. The summed E-state index contributed by atoms with van der Waals surface area (Å²) >= 11 is 0. The minimum absolute atomic E-state index is 0.108. The molecule has 12 heteroatoms. The molecule has 0 radical (unpaired) electrons. The number of carboxylic acid groups (broad SMARTS) is 1. The number of carbonyl (C=O) groups excluding carboxylic acids is 2. The molecule has 0 heterocycles. The molecule has 4 N–H and O–H groups in total. The Labute approximate surface area is 293 Å². The van der Waals surface area contributed by atoms with Crippen molar-refractivity contribution >= 4 is 25.7 Å². The lowest BCUT2D eigenvalue weighted by Gasteiger charge is -2.20. The van der Waals surface area contributed by atoms with E-state index in [1.54, 1.807) is 0 Å². The SMILES string of the molecule is CC/C=C/C=C/C=C/C=C/CCCCCC(=O)OC(COC(=O)CCCCCCC/C=C/C/C=C/CC)COP(=O)(O)OC[C@H](N)C(=O)O. The number of carbonyl (C=O) groups is 3. The zero-order valence-corrected chi connectivity index (χ0v) is 30.4. The first kappa shape index (κ1) is 45.9. The van der Waals surface area contributed by atoms with Crippen molar-refractivity contribution in [2.75, 3.05) is 19.8 Å². The summed E-state index contributed by atoms with van der Waals surface area (Å²) in [6.45, 7) is 2.44. The molecule has 0 amide bonds. The Morgan fingerprint density at radius 3 is 1.86 bits per heavy atom. The molecule has 49 heavy (non-hydrogen) atoms. The maximum Gasteiger partial charge on any atom is 0.472 e. The second kappa shape index (κ2) is 32.1. The number of allylic oxidation sites excluding steroid dienone is 12. The number of aliphatic carboxylic acids is 1. The number of esters is 2. The van der Waals surface area contributed by atoms with Gasteiger partial charge >= 0.3 is 25.7 Å². The average molecular weight is 710 g/mol. The summed E-state index contributed by atoms with van der Waals surface area (Å²) in [5.74, 6) is -2.47. The molecule has 0 bridgehead atoms. The van der Waals surface area contributed by atoms with Crippen LogP contribution in [0.15, 0.2) is 72.9 Å². The normalized spacial score (nSPS) is 14.9. The Morgan fingerprint density at radius 2 is 1.18 bits per heavy atom. The predicted octanol–water partition coefficient (Wildman–Crippen LogP) is 8.22. The summed E-state index contributed by atoms with van der Waals surface area (Å²) in [5.41, 5.74) is 5.30. The highest BCUT2D eigenvalue weighted by Gasteiger charge is 2.28. The van der Waals surface area contributed by atoms with Gasteiger partial charge in [0.05, 0.1) is 13.2 Å². The van der Waals surface area contributed by atoms with Gasteiger partial charge in [0.25, 0.3) is 0 Å². The van der Waals surface area contributed by atoms with Crippen LogP contribution in [0.25, 0.3) is 0 Å². The maximum absolute atomic E-state index is 12.5. The monoisotopic (exact) mass is 709 g/mol. The van der Waals surface area contributed by atoms with E-state index in [2.05, 4.69) is 54.8 Å². The molecule has 0 saturated heterocycles. The zero-order chi connectivity index (χ0) is 36.4. The number of carboxylic acids is 1. The molecule has 0 aliphatic carbocycles. The van der Waals surface area contributed by atoms with Gasteiger partial charge in [-0.15, -0.1) is 0 Å². The Kier molecular flexibility index (Phi) is 30.1. The number of hydrogen-bond donors (Lipinski definition) is 3. The summed E-state index contributed by atoms with van der Waals surface area (Å²) < 4.78 is 32.4. The molecular weight excluding hydrogens is 649 g/mol. The molecule has 278 valence electrons. The Balaban J connectivity index is 4.60. The molecular formula is C37H60NO10P. The van der Waals surface area contributed by atoms with Crippen LogP contribution < -0.4 is 5.73 Å². The van der Waals surface area contributed by atoms with E-state index in [1.165, 1.54) is 0 Å². The summed E-state index contributed by atoms with van der Waals surface area (Å²) in [5, 5.41) is 8.84. The van der Waals surface area contributed by atoms with E-state index in [-0.39, 0.29) is 19.4 Å². The molecule has 0 aromatic heterocycles. The highest BCUT2D eigenvalue weighted by Crippen LogP contribution is 2.43. The van der Waals surface area contributed by atoms with Gasteiger partial charge in [-0.2, -0.15) is 0 Å². The van der Waals surface area contributed by atoms with Crippen molar-refractivity contribution in [3.63, 3.8) is 0 Å². The highest BCUT2D eigenvalue weighted by molar-refractivity contribution is 7.47. The predicted molar refractivity (Wildman–Crippen MR) is 194 cm³/mol. The summed E-state index contributed by atoms with van der Waals surface area (Å²) in [6, 6.07) is -1.53. The number of ether oxygens (including phenoxy) is 2. The third-order valence-corrected chi connectivity index (χ3v) is 7.75. The van der Waals surface area contributed by atoms with Gasteiger partial charge in [-0.25, -0.2) is 4.57 Å². The molecule has 0 fully saturated rings. The number of hydrogen-bond acceptors (Lipinski definition) is 9. The van der Waals surface area contributed by atoms with E-state index in [1.807, 2.05) is 36.5 Å². The number of unbranched alkanes of at least 4 members (excludes halogenated alkanes) is 8. The van der Waals surface area contributed by atoms with Gasteiger partial charge in [0.1, 0.15) is 12.6 Å². The van der Waals surface area contributed by atoms with E-state index in [0.29, 0.717) is 12.8 Å². The summed E-state index contributed by atoms with van der Waals surface area (Å²) in [6.07, 6.45) is 35.6.